The monoisotopic (exact) mass is 318 g/mol. The van der Waals surface area contributed by atoms with Crippen LogP contribution in [0.4, 0.5) is 0 Å². The number of aromatic nitrogens is 2. The summed E-state index contributed by atoms with van der Waals surface area (Å²) in [6, 6.07) is 11.4. The van der Waals surface area contributed by atoms with E-state index in [1.165, 1.54) is 0 Å². The van der Waals surface area contributed by atoms with Crippen molar-refractivity contribution in [1.29, 1.82) is 0 Å². The molecule has 1 atom stereocenters. The largest absolute Gasteiger partial charge is 0.290 e. The lowest BCUT2D eigenvalue weighted by Gasteiger charge is -2.15. The molecular weight excluding hydrogens is 304 g/mol. The van der Waals surface area contributed by atoms with Gasteiger partial charge in [-0.3, -0.25) is 9.36 Å². The van der Waals surface area contributed by atoms with E-state index in [9.17, 15) is 4.79 Å². The van der Waals surface area contributed by atoms with Crippen molar-refractivity contribution in [3.05, 3.63) is 62.8 Å². The first kappa shape index (κ1) is 14.3. The quantitative estimate of drug-likeness (QED) is 0.676. The lowest BCUT2D eigenvalue weighted by Crippen LogP contribution is -2.26. The van der Waals surface area contributed by atoms with E-state index in [4.69, 9.17) is 11.6 Å². The first-order valence-electron chi connectivity index (χ1n) is 6.86. The molecule has 1 unspecified atom stereocenters. The minimum atomic E-state index is -0.262. The van der Waals surface area contributed by atoms with E-state index in [1.54, 1.807) is 15.9 Å². The van der Waals surface area contributed by atoms with Gasteiger partial charge in [0.2, 0.25) is 0 Å². The van der Waals surface area contributed by atoms with Gasteiger partial charge in [0.05, 0.1) is 22.8 Å². The number of benzene rings is 1. The van der Waals surface area contributed by atoms with Crippen molar-refractivity contribution < 1.29 is 0 Å². The minimum absolute atomic E-state index is 0.0249. The molecule has 0 amide bonds. The molecule has 0 fully saturated rings. The Morgan fingerprint density at radius 2 is 2.10 bits per heavy atom. The number of halogens is 1. The minimum Gasteiger partial charge on any atom is -0.290 e. The molecule has 0 radical (unpaired) electrons. The van der Waals surface area contributed by atoms with Crippen molar-refractivity contribution in [2.75, 3.05) is 0 Å². The average molecular weight is 319 g/mol. The second-order valence-electron chi connectivity index (χ2n) is 4.83. The summed E-state index contributed by atoms with van der Waals surface area (Å²) in [5.74, 6) is 0.649. The normalized spacial score (nSPS) is 12.7. The first-order valence-corrected chi connectivity index (χ1v) is 8.18. The number of thiophene rings is 1. The van der Waals surface area contributed by atoms with Gasteiger partial charge in [-0.1, -0.05) is 25.1 Å². The molecule has 3 rings (SSSR count). The zero-order chi connectivity index (χ0) is 14.8. The Morgan fingerprint density at radius 3 is 2.81 bits per heavy atom. The second kappa shape index (κ2) is 6.00. The number of para-hydroxylation sites is 1. The van der Waals surface area contributed by atoms with E-state index in [0.29, 0.717) is 23.3 Å². The highest BCUT2D eigenvalue weighted by atomic mass is 35.5. The highest BCUT2D eigenvalue weighted by Gasteiger charge is 2.17. The van der Waals surface area contributed by atoms with E-state index in [0.717, 1.165) is 11.3 Å². The van der Waals surface area contributed by atoms with Gasteiger partial charge in [-0.15, -0.1) is 22.9 Å². The Kier molecular flexibility index (Phi) is 4.08. The van der Waals surface area contributed by atoms with Gasteiger partial charge >= 0.3 is 0 Å². The molecule has 21 heavy (non-hydrogen) atoms. The third-order valence-electron chi connectivity index (χ3n) is 3.42. The van der Waals surface area contributed by atoms with E-state index in [2.05, 4.69) is 4.98 Å². The van der Waals surface area contributed by atoms with Gasteiger partial charge in [-0.2, -0.15) is 0 Å². The fourth-order valence-electron chi connectivity index (χ4n) is 2.32. The summed E-state index contributed by atoms with van der Waals surface area (Å²) in [6.07, 6.45) is 0.733. The summed E-state index contributed by atoms with van der Waals surface area (Å²) >= 11 is 8.02. The van der Waals surface area contributed by atoms with Crippen LogP contribution < -0.4 is 5.56 Å². The summed E-state index contributed by atoms with van der Waals surface area (Å²) in [5, 5.41) is 2.38. The maximum atomic E-state index is 12.8. The van der Waals surface area contributed by atoms with Crippen molar-refractivity contribution in [2.24, 2.45) is 0 Å². The van der Waals surface area contributed by atoms with Crippen molar-refractivity contribution >= 4 is 33.8 Å². The molecule has 0 saturated heterocycles. The maximum absolute atomic E-state index is 12.8. The molecule has 3 aromatic rings. The van der Waals surface area contributed by atoms with Gasteiger partial charge in [0.1, 0.15) is 5.82 Å². The van der Waals surface area contributed by atoms with Crippen LogP contribution in [0.1, 0.15) is 29.4 Å². The van der Waals surface area contributed by atoms with E-state index in [1.807, 2.05) is 48.7 Å². The molecule has 2 aromatic heterocycles. The Bertz CT molecular complexity index is 811. The first-order chi connectivity index (χ1) is 10.2. The Labute approximate surface area is 131 Å². The van der Waals surface area contributed by atoms with Crippen molar-refractivity contribution in [1.82, 2.24) is 9.55 Å². The molecule has 0 saturated carbocycles. The molecule has 0 bridgehead atoms. The molecule has 0 N–H and O–H groups in total. The predicted molar refractivity (Wildman–Crippen MR) is 88.3 cm³/mol. The van der Waals surface area contributed by atoms with Crippen LogP contribution in [0.5, 0.6) is 0 Å². The molecule has 1 aromatic carbocycles. The second-order valence-corrected chi connectivity index (χ2v) is 6.39. The van der Waals surface area contributed by atoms with Gasteiger partial charge in [0, 0.05) is 4.88 Å². The number of rotatable bonds is 4. The summed E-state index contributed by atoms with van der Waals surface area (Å²) in [4.78, 5) is 18.5. The van der Waals surface area contributed by atoms with Crippen LogP contribution in [0.2, 0.25) is 0 Å². The number of nitrogens with zero attached hydrogens (tertiary/aromatic N) is 2. The molecule has 2 heterocycles. The van der Waals surface area contributed by atoms with Crippen LogP contribution in [-0.4, -0.2) is 9.55 Å². The summed E-state index contributed by atoms with van der Waals surface area (Å²) in [6.45, 7) is 2.52. The van der Waals surface area contributed by atoms with Crippen LogP contribution >= 0.6 is 22.9 Å². The number of hydrogen-bond acceptors (Lipinski definition) is 3. The maximum Gasteiger partial charge on any atom is 0.261 e. The van der Waals surface area contributed by atoms with Gasteiger partial charge < -0.3 is 0 Å². The molecule has 0 spiro atoms. The SMILES string of the molecule is CCC(Cl)c1nc2ccccc2c(=O)n1Cc1cccs1. The number of hydrogen-bond donors (Lipinski definition) is 0. The van der Waals surface area contributed by atoms with Crippen molar-refractivity contribution in [2.45, 2.75) is 25.3 Å². The lowest BCUT2D eigenvalue weighted by atomic mass is 10.2. The lowest BCUT2D eigenvalue weighted by molar-refractivity contribution is 0.658. The van der Waals surface area contributed by atoms with Gasteiger partial charge in [-0.25, -0.2) is 4.98 Å². The van der Waals surface area contributed by atoms with Gasteiger partial charge in [0.25, 0.3) is 5.56 Å². The molecule has 3 nitrogen and oxygen atoms in total. The fraction of sp³-hybridized carbons (Fsp3) is 0.250. The third-order valence-corrected chi connectivity index (χ3v) is 4.79. The highest BCUT2D eigenvalue weighted by Crippen LogP contribution is 2.24. The summed E-state index contributed by atoms with van der Waals surface area (Å²) < 4.78 is 1.70. The van der Waals surface area contributed by atoms with E-state index >= 15 is 0 Å². The number of fused-ring (bicyclic) bond motifs is 1. The van der Waals surface area contributed by atoms with Crippen molar-refractivity contribution in [3.8, 4) is 0 Å². The van der Waals surface area contributed by atoms with Crippen LogP contribution in [0.25, 0.3) is 10.9 Å². The van der Waals surface area contributed by atoms with Crippen LogP contribution in [0.15, 0.2) is 46.6 Å². The fourth-order valence-corrected chi connectivity index (χ4v) is 3.18. The predicted octanol–water partition coefficient (Wildman–Crippen LogP) is 4.20. The van der Waals surface area contributed by atoms with E-state index < -0.39 is 0 Å². The summed E-state index contributed by atoms with van der Waals surface area (Å²) in [7, 11) is 0. The standard InChI is InChI=1S/C16H15ClN2OS/c1-2-13(17)15-18-14-8-4-3-7-12(14)16(20)19(15)10-11-6-5-9-21-11/h3-9,13H,2,10H2,1H3. The molecule has 0 aliphatic rings. The average Bonchev–Trinajstić information content (AvgIpc) is 3.02. The Balaban J connectivity index is 2.23. The summed E-state index contributed by atoms with van der Waals surface area (Å²) in [5.41, 5.74) is 0.683. The molecule has 5 heteroatoms. The van der Waals surface area contributed by atoms with Crippen LogP contribution in [0.3, 0.4) is 0 Å². The molecule has 0 aliphatic heterocycles. The molecule has 0 aliphatic carbocycles. The molecule has 108 valence electrons. The van der Waals surface area contributed by atoms with Crippen LogP contribution in [0, 0.1) is 0 Å². The topological polar surface area (TPSA) is 34.9 Å². The zero-order valence-corrected chi connectivity index (χ0v) is 13.2. The zero-order valence-electron chi connectivity index (χ0n) is 11.6. The smallest absolute Gasteiger partial charge is 0.261 e. The number of alkyl halides is 1. The van der Waals surface area contributed by atoms with E-state index in [-0.39, 0.29) is 10.9 Å². The molecular formula is C16H15ClN2OS. The van der Waals surface area contributed by atoms with Crippen LogP contribution in [-0.2, 0) is 6.54 Å². The van der Waals surface area contributed by atoms with Gasteiger partial charge in [0.15, 0.2) is 0 Å². The Morgan fingerprint density at radius 1 is 1.29 bits per heavy atom. The van der Waals surface area contributed by atoms with Crippen molar-refractivity contribution in [3.63, 3.8) is 0 Å². The third kappa shape index (κ3) is 2.74. The van der Waals surface area contributed by atoms with Gasteiger partial charge in [-0.05, 0) is 30.0 Å². The highest BCUT2D eigenvalue weighted by molar-refractivity contribution is 7.09. The Hall–Kier alpha value is -1.65.